The lowest BCUT2D eigenvalue weighted by Gasteiger charge is -2.38. The molecule has 0 bridgehead atoms. The number of hydrogen-bond acceptors (Lipinski definition) is 9. The van der Waals surface area contributed by atoms with Crippen molar-refractivity contribution in [1.29, 1.82) is 0 Å². The SMILES string of the molecule is COc1ccc([C@H]2C(C(=O)OCc3ccccc3)=C(C)N=C3SC=C(CC(=O)N4CCN(C)CC4)N32)c(OC)c1. The van der Waals surface area contributed by atoms with E-state index in [0.29, 0.717) is 41.0 Å². The van der Waals surface area contributed by atoms with Crippen LogP contribution in [0.5, 0.6) is 11.5 Å². The molecule has 0 aromatic heterocycles. The fourth-order valence-electron chi connectivity index (χ4n) is 5.09. The van der Waals surface area contributed by atoms with Gasteiger partial charge in [-0.3, -0.25) is 4.79 Å². The molecule has 2 aromatic rings. The van der Waals surface area contributed by atoms with Crippen LogP contribution in [0.4, 0.5) is 0 Å². The van der Waals surface area contributed by atoms with E-state index in [4.69, 9.17) is 19.2 Å². The van der Waals surface area contributed by atoms with Crippen LogP contribution in [0.3, 0.4) is 0 Å². The van der Waals surface area contributed by atoms with E-state index >= 15 is 0 Å². The van der Waals surface area contributed by atoms with Crippen LogP contribution >= 0.6 is 11.8 Å². The van der Waals surface area contributed by atoms with Gasteiger partial charge in [0.25, 0.3) is 0 Å². The summed E-state index contributed by atoms with van der Waals surface area (Å²) < 4.78 is 17.0. The minimum absolute atomic E-state index is 0.0566. The molecule has 1 fully saturated rings. The van der Waals surface area contributed by atoms with Gasteiger partial charge in [-0.05, 0) is 37.1 Å². The lowest BCUT2D eigenvalue weighted by Crippen LogP contribution is -2.47. The Hall–Kier alpha value is -3.76. The number of amidine groups is 1. The molecule has 0 N–H and O–H groups in total. The Balaban J connectivity index is 1.49. The van der Waals surface area contributed by atoms with Gasteiger partial charge in [-0.2, -0.15) is 0 Å². The topological polar surface area (TPSA) is 83.9 Å². The van der Waals surface area contributed by atoms with E-state index in [0.717, 1.165) is 29.9 Å². The van der Waals surface area contributed by atoms with Gasteiger partial charge in [0.1, 0.15) is 18.1 Å². The van der Waals surface area contributed by atoms with Crippen molar-refractivity contribution in [2.45, 2.75) is 26.0 Å². The van der Waals surface area contributed by atoms with E-state index in [1.807, 2.05) is 64.6 Å². The van der Waals surface area contributed by atoms with E-state index in [2.05, 4.69) is 11.9 Å². The summed E-state index contributed by atoms with van der Waals surface area (Å²) in [6.45, 7) is 5.05. The van der Waals surface area contributed by atoms with E-state index in [1.165, 1.54) is 11.8 Å². The van der Waals surface area contributed by atoms with Gasteiger partial charge in [0.15, 0.2) is 5.17 Å². The molecule has 40 heavy (non-hydrogen) atoms. The number of carbonyl (C=O) groups excluding carboxylic acids is 2. The summed E-state index contributed by atoms with van der Waals surface area (Å²) in [4.78, 5) is 38.0. The van der Waals surface area contributed by atoms with Gasteiger partial charge in [-0.25, -0.2) is 9.79 Å². The van der Waals surface area contributed by atoms with Gasteiger partial charge in [0.05, 0.1) is 38.0 Å². The van der Waals surface area contributed by atoms with Gasteiger partial charge >= 0.3 is 5.97 Å². The Bertz CT molecular complexity index is 1370. The summed E-state index contributed by atoms with van der Waals surface area (Å²) in [7, 11) is 5.25. The molecule has 1 atom stereocenters. The number of benzene rings is 2. The number of piperazine rings is 1. The number of likely N-dealkylation sites (N-methyl/N-ethyl adjacent to an activating group) is 1. The first-order valence-electron chi connectivity index (χ1n) is 13.2. The Morgan fingerprint density at radius 3 is 2.48 bits per heavy atom. The van der Waals surface area contributed by atoms with Crippen molar-refractivity contribution in [3.05, 3.63) is 82.0 Å². The van der Waals surface area contributed by atoms with Gasteiger partial charge in [0.2, 0.25) is 5.91 Å². The standard InChI is InChI=1S/C30H34N4O5S/c1-20-27(29(36)39-18-21-8-6-5-7-9-21)28(24-11-10-23(37-3)17-25(24)38-4)34-22(19-40-30(34)31-20)16-26(35)33-14-12-32(2)13-15-33/h5-11,17,19,28H,12-16,18H2,1-4H3/t28-/m0/s1. The Labute approximate surface area is 239 Å². The van der Waals surface area contributed by atoms with E-state index in [-0.39, 0.29) is 18.9 Å². The number of fused-ring (bicyclic) bond motifs is 1. The predicted molar refractivity (Wildman–Crippen MR) is 155 cm³/mol. The first kappa shape index (κ1) is 27.8. The number of hydrogen-bond donors (Lipinski definition) is 0. The lowest BCUT2D eigenvalue weighted by atomic mass is 9.93. The molecule has 3 aliphatic heterocycles. The molecule has 5 rings (SSSR count). The molecule has 0 radical (unpaired) electrons. The largest absolute Gasteiger partial charge is 0.497 e. The highest BCUT2D eigenvalue weighted by Gasteiger charge is 2.42. The van der Waals surface area contributed by atoms with E-state index < -0.39 is 12.0 Å². The van der Waals surface area contributed by atoms with E-state index in [9.17, 15) is 9.59 Å². The number of thioether (sulfide) groups is 1. The van der Waals surface area contributed by atoms with Crippen molar-refractivity contribution in [2.24, 2.45) is 4.99 Å². The van der Waals surface area contributed by atoms with Crippen molar-refractivity contribution in [3.8, 4) is 11.5 Å². The first-order chi connectivity index (χ1) is 19.4. The molecule has 1 saturated heterocycles. The average molecular weight is 563 g/mol. The number of amides is 1. The third-order valence-corrected chi connectivity index (χ3v) is 8.25. The maximum absolute atomic E-state index is 13.7. The number of nitrogens with zero attached hydrogens (tertiary/aromatic N) is 4. The monoisotopic (exact) mass is 562 g/mol. The summed E-state index contributed by atoms with van der Waals surface area (Å²) >= 11 is 1.45. The average Bonchev–Trinajstić information content (AvgIpc) is 3.37. The molecule has 9 nitrogen and oxygen atoms in total. The molecule has 0 spiro atoms. The fourth-order valence-corrected chi connectivity index (χ4v) is 6.06. The first-order valence-corrected chi connectivity index (χ1v) is 14.1. The molecule has 3 heterocycles. The number of rotatable bonds is 8. The highest BCUT2D eigenvalue weighted by Crippen LogP contribution is 2.47. The lowest BCUT2D eigenvalue weighted by molar-refractivity contribution is -0.141. The van der Waals surface area contributed by atoms with Gasteiger partial charge in [-0.1, -0.05) is 42.1 Å². The van der Waals surface area contributed by atoms with Crippen LogP contribution in [0.2, 0.25) is 0 Å². The van der Waals surface area contributed by atoms with Crippen LogP contribution in [0.25, 0.3) is 0 Å². The van der Waals surface area contributed by atoms with Crippen LogP contribution in [0, 0.1) is 0 Å². The van der Waals surface area contributed by atoms with Gasteiger partial charge < -0.3 is 28.9 Å². The van der Waals surface area contributed by atoms with Gasteiger partial charge in [-0.15, -0.1) is 0 Å². The smallest absolute Gasteiger partial charge is 0.338 e. The van der Waals surface area contributed by atoms with Crippen LogP contribution in [-0.2, 0) is 20.9 Å². The Morgan fingerprint density at radius 2 is 1.77 bits per heavy atom. The highest BCUT2D eigenvalue weighted by atomic mass is 32.2. The van der Waals surface area contributed by atoms with Crippen molar-refractivity contribution in [3.63, 3.8) is 0 Å². The third-order valence-electron chi connectivity index (χ3n) is 7.36. The maximum atomic E-state index is 13.7. The van der Waals surface area contributed by atoms with Crippen molar-refractivity contribution in [2.75, 3.05) is 47.4 Å². The van der Waals surface area contributed by atoms with Crippen LogP contribution in [0.1, 0.15) is 30.5 Å². The summed E-state index contributed by atoms with van der Waals surface area (Å²) in [6, 6.07) is 14.5. The second-order valence-electron chi connectivity index (χ2n) is 9.92. The molecule has 10 heteroatoms. The number of esters is 1. The number of carbonyl (C=O) groups is 2. The maximum Gasteiger partial charge on any atom is 0.338 e. The summed E-state index contributed by atoms with van der Waals surface area (Å²) in [6.07, 6.45) is 0.204. The normalized spacial score (nSPS) is 19.1. The second-order valence-corrected chi connectivity index (χ2v) is 10.8. The number of aliphatic imine (C=N–C) groups is 1. The zero-order valence-electron chi connectivity index (χ0n) is 23.3. The summed E-state index contributed by atoms with van der Waals surface area (Å²) in [5, 5.41) is 2.67. The fraction of sp³-hybridized carbons (Fsp3) is 0.367. The molecule has 1 amide bonds. The molecule has 0 unspecified atom stereocenters. The Kier molecular flexibility index (Phi) is 8.46. The molecular weight excluding hydrogens is 528 g/mol. The molecular formula is C30H34N4O5S. The van der Waals surface area contributed by atoms with Crippen LogP contribution < -0.4 is 9.47 Å². The van der Waals surface area contributed by atoms with Gasteiger partial charge in [0, 0.05) is 43.5 Å². The molecule has 0 saturated carbocycles. The summed E-state index contributed by atoms with van der Waals surface area (Å²) in [5.74, 6) is 0.791. The molecule has 210 valence electrons. The van der Waals surface area contributed by atoms with Crippen molar-refractivity contribution in [1.82, 2.24) is 14.7 Å². The third kappa shape index (κ3) is 5.73. The predicted octanol–water partition coefficient (Wildman–Crippen LogP) is 4.19. The number of allylic oxidation sites excluding steroid dienone is 1. The quantitative estimate of drug-likeness (QED) is 0.443. The minimum Gasteiger partial charge on any atom is -0.497 e. The molecule has 0 aliphatic carbocycles. The van der Waals surface area contributed by atoms with Crippen LogP contribution in [0.15, 0.2) is 75.9 Å². The highest BCUT2D eigenvalue weighted by molar-refractivity contribution is 8.16. The zero-order valence-corrected chi connectivity index (χ0v) is 24.1. The summed E-state index contributed by atoms with van der Waals surface area (Å²) in [5.41, 5.74) is 3.41. The Morgan fingerprint density at radius 1 is 1.02 bits per heavy atom. The zero-order chi connectivity index (χ0) is 28.2. The van der Waals surface area contributed by atoms with E-state index in [1.54, 1.807) is 20.3 Å². The number of ether oxygens (including phenoxy) is 3. The number of methoxy groups -OCH3 is 2. The molecule has 2 aromatic carbocycles. The molecule has 3 aliphatic rings. The van der Waals surface area contributed by atoms with Crippen molar-refractivity contribution < 1.29 is 23.8 Å². The minimum atomic E-state index is -0.599. The second kappa shape index (κ2) is 12.2. The van der Waals surface area contributed by atoms with Crippen LogP contribution in [-0.4, -0.2) is 79.2 Å². The van der Waals surface area contributed by atoms with Crippen molar-refractivity contribution >= 4 is 28.8 Å².